The minimum atomic E-state index is 0.00270. The lowest BCUT2D eigenvalue weighted by molar-refractivity contribution is 1.29. The molecule has 0 spiro atoms. The van der Waals surface area contributed by atoms with Crippen LogP contribution in [0.2, 0.25) is 10.0 Å². The van der Waals surface area contributed by atoms with Gasteiger partial charge in [-0.05, 0) is 0 Å². The molecule has 0 aromatic carbocycles. The van der Waals surface area contributed by atoms with Crippen molar-refractivity contribution in [3.8, 4) is 0 Å². The topological polar surface area (TPSA) is 36.7 Å². The van der Waals surface area contributed by atoms with E-state index < -0.39 is 0 Å². The van der Waals surface area contributed by atoms with Gasteiger partial charge in [0.25, 0.3) is 0 Å². The molecule has 1 N–H and O–H groups in total. The third-order valence-corrected chi connectivity index (χ3v) is 1.65. The molecule has 0 aliphatic carbocycles. The summed E-state index contributed by atoms with van der Waals surface area (Å²) in [5, 5.41) is 7.65. The lowest BCUT2D eigenvalue weighted by Crippen LogP contribution is -1.94. The maximum absolute atomic E-state index is 7.10. The fraction of sp³-hybridized carbons (Fsp3) is 0. The second-order valence-electron chi connectivity index (χ2n) is 1.74. The number of hydrogen-bond donors (Lipinski definition) is 2. The fourth-order valence-corrected chi connectivity index (χ4v) is 1.21. The second kappa shape index (κ2) is 3.43. The van der Waals surface area contributed by atoms with Crippen molar-refractivity contribution in [2.45, 2.75) is 0 Å². The van der Waals surface area contributed by atoms with Crippen LogP contribution < -0.4 is 0 Å². The first-order valence-corrected chi connectivity index (χ1v) is 3.83. The lowest BCUT2D eigenvalue weighted by atomic mass is 10.4. The summed E-state index contributed by atoms with van der Waals surface area (Å²) in [5.74, 6) is 0. The van der Waals surface area contributed by atoms with Gasteiger partial charge in [-0.1, -0.05) is 23.2 Å². The zero-order valence-corrected chi connectivity index (χ0v) is 7.63. The summed E-state index contributed by atoms with van der Waals surface area (Å²) < 4.78 is 0. The highest BCUT2D eigenvalue weighted by Gasteiger charge is 2.04. The quantitative estimate of drug-likeness (QED) is 0.413. The summed E-state index contributed by atoms with van der Waals surface area (Å²) in [6, 6.07) is 2.60. The van der Waals surface area contributed by atoms with Gasteiger partial charge in [0.15, 0.2) is 0 Å². The van der Waals surface area contributed by atoms with Gasteiger partial charge in [0.2, 0.25) is 0 Å². The molecular formula is C6H3Cl2N2S. The number of pyridine rings is 1. The molecule has 0 saturated heterocycles. The van der Waals surface area contributed by atoms with Gasteiger partial charge in [0.1, 0.15) is 10.7 Å². The molecule has 2 nitrogen and oxygen atoms in total. The van der Waals surface area contributed by atoms with E-state index in [4.69, 9.17) is 28.6 Å². The average Bonchev–Trinajstić information content (AvgIpc) is 1.85. The van der Waals surface area contributed by atoms with Crippen molar-refractivity contribution in [1.82, 2.24) is 4.98 Å². The first-order chi connectivity index (χ1) is 5.11. The molecule has 0 amide bonds. The third-order valence-electron chi connectivity index (χ3n) is 0.968. The summed E-state index contributed by atoms with van der Waals surface area (Å²) >= 11 is 14.9. The molecule has 1 aromatic heterocycles. The molecule has 57 valence electrons. The van der Waals surface area contributed by atoms with Crippen molar-refractivity contribution in [3.63, 3.8) is 0 Å². The highest BCUT2D eigenvalue weighted by molar-refractivity contribution is 7.97. The molecule has 5 heteroatoms. The molecule has 0 atom stereocenters. The number of thiol groups is 1. The monoisotopic (exact) mass is 205 g/mol. The highest BCUT2D eigenvalue weighted by atomic mass is 35.5. The van der Waals surface area contributed by atoms with Gasteiger partial charge in [-0.3, -0.25) is 10.4 Å². The zero-order chi connectivity index (χ0) is 8.43. The summed E-state index contributed by atoms with van der Waals surface area (Å²) in [7, 11) is 0. The van der Waals surface area contributed by atoms with Crippen molar-refractivity contribution >= 4 is 40.9 Å². The standard InChI is InChI=1S/C6H3Cl2N2S/c7-3-1-4(8)5(6(9)11)10-2-3/h2H,(H2,9,11). The SMILES string of the molecule is N=C(S)c1ncc(Cl)[c]c1Cl. The predicted molar refractivity (Wildman–Crippen MR) is 48.9 cm³/mol. The third kappa shape index (κ3) is 2.09. The molecule has 0 fully saturated rings. The van der Waals surface area contributed by atoms with E-state index in [1.807, 2.05) is 0 Å². The largest absolute Gasteiger partial charge is 0.292 e. The first kappa shape index (κ1) is 8.84. The van der Waals surface area contributed by atoms with Gasteiger partial charge >= 0.3 is 0 Å². The number of rotatable bonds is 1. The van der Waals surface area contributed by atoms with Crippen LogP contribution in [0.4, 0.5) is 0 Å². The summed E-state index contributed by atoms with van der Waals surface area (Å²) in [4.78, 5) is 3.78. The summed E-state index contributed by atoms with van der Waals surface area (Å²) in [6.07, 6.45) is 1.37. The normalized spacial score (nSPS) is 9.73. The Labute approximate surface area is 79.5 Å². The number of halogens is 2. The fourth-order valence-electron chi connectivity index (χ4n) is 0.539. The van der Waals surface area contributed by atoms with Crippen LogP contribution in [-0.2, 0) is 0 Å². The molecule has 1 rings (SSSR count). The Balaban J connectivity index is 3.20. The van der Waals surface area contributed by atoms with Crippen molar-refractivity contribution in [2.24, 2.45) is 0 Å². The Morgan fingerprint density at radius 2 is 2.27 bits per heavy atom. The Morgan fingerprint density at radius 3 is 2.73 bits per heavy atom. The molecule has 0 bridgehead atoms. The van der Waals surface area contributed by atoms with Crippen molar-refractivity contribution in [1.29, 1.82) is 5.41 Å². The predicted octanol–water partition coefficient (Wildman–Crippen LogP) is 2.44. The summed E-state index contributed by atoms with van der Waals surface area (Å²) in [5.41, 5.74) is 0.291. The van der Waals surface area contributed by atoms with Gasteiger partial charge in [0, 0.05) is 12.3 Å². The Hall–Kier alpha value is -0.250. The minimum absolute atomic E-state index is 0.00270. The van der Waals surface area contributed by atoms with E-state index in [-0.39, 0.29) is 10.1 Å². The van der Waals surface area contributed by atoms with Crippen molar-refractivity contribution in [3.05, 3.63) is 28.0 Å². The van der Waals surface area contributed by atoms with E-state index in [2.05, 4.69) is 23.7 Å². The van der Waals surface area contributed by atoms with E-state index in [1.165, 1.54) is 6.20 Å². The van der Waals surface area contributed by atoms with E-state index >= 15 is 0 Å². The highest BCUT2D eigenvalue weighted by Crippen LogP contribution is 2.18. The maximum atomic E-state index is 7.10. The van der Waals surface area contributed by atoms with Crippen LogP contribution in [0, 0.1) is 11.5 Å². The van der Waals surface area contributed by atoms with Gasteiger partial charge in [-0.25, -0.2) is 0 Å². The smallest absolute Gasteiger partial charge is 0.113 e. The van der Waals surface area contributed by atoms with Crippen LogP contribution in [-0.4, -0.2) is 10.0 Å². The number of nitrogens with zero attached hydrogens (tertiary/aromatic N) is 1. The molecule has 11 heavy (non-hydrogen) atoms. The van der Waals surface area contributed by atoms with Crippen LogP contribution in [0.3, 0.4) is 0 Å². The average molecular weight is 206 g/mol. The van der Waals surface area contributed by atoms with Gasteiger partial charge in [-0.2, -0.15) is 0 Å². The number of nitrogens with one attached hydrogen (secondary N) is 1. The van der Waals surface area contributed by atoms with Crippen molar-refractivity contribution in [2.75, 3.05) is 0 Å². The molecule has 0 aliphatic heterocycles. The van der Waals surface area contributed by atoms with Crippen LogP contribution in [0.25, 0.3) is 0 Å². The van der Waals surface area contributed by atoms with Gasteiger partial charge in [-0.15, -0.1) is 12.6 Å². The Bertz CT molecular complexity index is 301. The van der Waals surface area contributed by atoms with E-state index in [0.29, 0.717) is 10.7 Å². The van der Waals surface area contributed by atoms with Crippen LogP contribution in [0.1, 0.15) is 5.69 Å². The van der Waals surface area contributed by atoms with Gasteiger partial charge in [0.05, 0.1) is 10.0 Å². The van der Waals surface area contributed by atoms with Gasteiger partial charge < -0.3 is 0 Å². The first-order valence-electron chi connectivity index (χ1n) is 2.62. The second-order valence-corrected chi connectivity index (χ2v) is 2.97. The zero-order valence-electron chi connectivity index (χ0n) is 5.23. The van der Waals surface area contributed by atoms with E-state index in [1.54, 1.807) is 0 Å². The van der Waals surface area contributed by atoms with Crippen LogP contribution in [0.15, 0.2) is 6.20 Å². The Morgan fingerprint density at radius 1 is 1.64 bits per heavy atom. The summed E-state index contributed by atoms with van der Waals surface area (Å²) in [6.45, 7) is 0. The molecule has 1 heterocycles. The lowest BCUT2D eigenvalue weighted by Gasteiger charge is -1.98. The van der Waals surface area contributed by atoms with Crippen LogP contribution >= 0.6 is 35.8 Å². The molecule has 1 radical (unpaired) electrons. The molecule has 0 aliphatic rings. The Kier molecular flexibility index (Phi) is 2.76. The van der Waals surface area contributed by atoms with Crippen LogP contribution in [0.5, 0.6) is 0 Å². The van der Waals surface area contributed by atoms with E-state index in [9.17, 15) is 0 Å². The minimum Gasteiger partial charge on any atom is -0.292 e. The number of hydrogen-bond acceptors (Lipinski definition) is 2. The molecular weight excluding hydrogens is 203 g/mol. The maximum Gasteiger partial charge on any atom is 0.113 e. The molecule has 1 aromatic rings. The molecule has 0 saturated carbocycles. The molecule has 0 unspecified atom stereocenters. The number of aromatic nitrogens is 1. The van der Waals surface area contributed by atoms with Crippen molar-refractivity contribution < 1.29 is 0 Å². The van der Waals surface area contributed by atoms with E-state index in [0.717, 1.165) is 0 Å².